The van der Waals surface area contributed by atoms with Crippen molar-refractivity contribution in [1.82, 2.24) is 0 Å². The summed E-state index contributed by atoms with van der Waals surface area (Å²) < 4.78 is 37.9. The van der Waals surface area contributed by atoms with Crippen LogP contribution in [0.5, 0.6) is 5.75 Å². The average Bonchev–Trinajstić information content (AvgIpc) is 3.36. The third-order valence-electron chi connectivity index (χ3n) is 4.60. The number of thioether (sulfide) groups is 1. The molecule has 0 fully saturated rings. The van der Waals surface area contributed by atoms with Gasteiger partial charge in [-0.15, -0.1) is 11.8 Å². The van der Waals surface area contributed by atoms with E-state index in [2.05, 4.69) is 0 Å². The highest BCUT2D eigenvalue weighted by atomic mass is 32.2. The monoisotopic (exact) mass is 441 g/mol. The van der Waals surface area contributed by atoms with Crippen LogP contribution in [-0.4, -0.2) is 18.4 Å². The van der Waals surface area contributed by atoms with Gasteiger partial charge in [0.15, 0.2) is 11.6 Å². The van der Waals surface area contributed by atoms with E-state index in [1.165, 1.54) is 12.3 Å². The third kappa shape index (κ3) is 4.11. The lowest BCUT2D eigenvalue weighted by atomic mass is 10.1. The number of imide groups is 1. The topological polar surface area (TPSA) is 59.8 Å². The largest absolute Gasteiger partial charge is 0.494 e. The summed E-state index contributed by atoms with van der Waals surface area (Å²) in [7, 11) is 0. The van der Waals surface area contributed by atoms with Crippen molar-refractivity contribution in [1.29, 1.82) is 0 Å². The molecule has 4 rings (SSSR count). The number of rotatable bonds is 7. The van der Waals surface area contributed by atoms with Crippen molar-refractivity contribution < 1.29 is 27.5 Å². The van der Waals surface area contributed by atoms with E-state index < -0.39 is 23.4 Å². The van der Waals surface area contributed by atoms with Crippen molar-refractivity contribution in [3.63, 3.8) is 0 Å². The second-order valence-electron chi connectivity index (χ2n) is 6.57. The summed E-state index contributed by atoms with van der Waals surface area (Å²) in [5, 5.41) is 0. The molecule has 2 amide bonds. The highest BCUT2D eigenvalue weighted by Crippen LogP contribution is 2.40. The Balaban J connectivity index is 1.73. The van der Waals surface area contributed by atoms with E-state index in [1.54, 1.807) is 36.4 Å². The molecule has 0 aliphatic carbocycles. The van der Waals surface area contributed by atoms with E-state index >= 15 is 0 Å². The normalized spacial score (nSPS) is 14.0. The van der Waals surface area contributed by atoms with Gasteiger partial charge in [-0.25, -0.2) is 13.7 Å². The van der Waals surface area contributed by atoms with E-state index in [4.69, 9.17) is 9.15 Å². The summed E-state index contributed by atoms with van der Waals surface area (Å²) in [6.45, 7) is 2.35. The van der Waals surface area contributed by atoms with Gasteiger partial charge in [0.05, 0.1) is 34.8 Å². The van der Waals surface area contributed by atoms with Crippen LogP contribution < -0.4 is 9.64 Å². The first-order valence-corrected chi connectivity index (χ1v) is 10.4. The van der Waals surface area contributed by atoms with Gasteiger partial charge < -0.3 is 9.15 Å². The summed E-state index contributed by atoms with van der Waals surface area (Å²) in [5.41, 5.74) is 0.675. The summed E-state index contributed by atoms with van der Waals surface area (Å²) >= 11 is 1.15. The van der Waals surface area contributed by atoms with E-state index in [-0.39, 0.29) is 16.2 Å². The zero-order chi connectivity index (χ0) is 22.0. The van der Waals surface area contributed by atoms with Crippen LogP contribution >= 0.6 is 11.8 Å². The van der Waals surface area contributed by atoms with Gasteiger partial charge in [0.1, 0.15) is 11.5 Å². The lowest BCUT2D eigenvalue weighted by molar-refractivity contribution is -0.119. The van der Waals surface area contributed by atoms with Crippen molar-refractivity contribution in [2.75, 3.05) is 11.5 Å². The Morgan fingerprint density at radius 1 is 1.00 bits per heavy atom. The molecule has 0 saturated heterocycles. The first kappa shape index (κ1) is 20.9. The van der Waals surface area contributed by atoms with Gasteiger partial charge in [0, 0.05) is 6.07 Å². The number of anilines is 1. The first-order valence-electron chi connectivity index (χ1n) is 9.46. The molecule has 0 saturated carbocycles. The van der Waals surface area contributed by atoms with E-state index in [9.17, 15) is 18.4 Å². The van der Waals surface area contributed by atoms with Crippen LogP contribution in [0.25, 0.3) is 5.57 Å². The average molecular weight is 441 g/mol. The van der Waals surface area contributed by atoms with Crippen molar-refractivity contribution in [2.45, 2.75) is 12.7 Å². The Morgan fingerprint density at radius 2 is 1.77 bits per heavy atom. The van der Waals surface area contributed by atoms with Crippen molar-refractivity contribution in [3.05, 3.63) is 88.7 Å². The Bertz CT molecular complexity index is 1160. The number of amides is 2. The fourth-order valence-electron chi connectivity index (χ4n) is 3.18. The molecule has 1 aliphatic heterocycles. The Labute approximate surface area is 181 Å². The summed E-state index contributed by atoms with van der Waals surface area (Å²) in [6, 6.07) is 13.2. The van der Waals surface area contributed by atoms with Crippen LogP contribution in [0.4, 0.5) is 14.5 Å². The first-order chi connectivity index (χ1) is 15.0. The number of halogens is 2. The Hall–Kier alpha value is -3.39. The molecular weight excluding hydrogens is 424 g/mol. The molecule has 0 N–H and O–H groups in total. The molecule has 0 radical (unpaired) electrons. The minimum atomic E-state index is -1.14. The Morgan fingerprint density at radius 3 is 2.42 bits per heavy atom. The fraction of sp³-hybridized carbons (Fsp3) is 0.130. The number of furan rings is 1. The second kappa shape index (κ2) is 8.77. The van der Waals surface area contributed by atoms with Crippen LogP contribution in [0.1, 0.15) is 18.2 Å². The van der Waals surface area contributed by atoms with Gasteiger partial charge in [0.2, 0.25) is 0 Å². The van der Waals surface area contributed by atoms with E-state index in [0.29, 0.717) is 29.4 Å². The molecule has 3 aromatic rings. The third-order valence-corrected chi connectivity index (χ3v) is 5.69. The molecule has 0 atom stereocenters. The van der Waals surface area contributed by atoms with Gasteiger partial charge in [-0.3, -0.25) is 9.59 Å². The lowest BCUT2D eigenvalue weighted by Gasteiger charge is -2.15. The molecule has 1 aromatic heterocycles. The van der Waals surface area contributed by atoms with Crippen LogP contribution in [0.3, 0.4) is 0 Å². The number of nitrogens with zero attached hydrogens (tertiary/aromatic N) is 1. The second-order valence-corrected chi connectivity index (χ2v) is 7.56. The van der Waals surface area contributed by atoms with Crippen LogP contribution in [0.2, 0.25) is 0 Å². The maximum absolute atomic E-state index is 13.8. The molecular formula is C23H17F2NO4S. The zero-order valence-corrected chi connectivity index (χ0v) is 17.2. The van der Waals surface area contributed by atoms with Gasteiger partial charge in [-0.05, 0) is 48.9 Å². The van der Waals surface area contributed by atoms with Crippen LogP contribution in [0.15, 0.2) is 70.2 Å². The van der Waals surface area contributed by atoms with Crippen LogP contribution in [-0.2, 0) is 15.3 Å². The zero-order valence-electron chi connectivity index (χ0n) is 16.4. The smallest absolute Gasteiger partial charge is 0.272 e. The minimum Gasteiger partial charge on any atom is -0.494 e. The van der Waals surface area contributed by atoms with Crippen molar-refractivity contribution in [2.24, 2.45) is 0 Å². The van der Waals surface area contributed by atoms with Crippen molar-refractivity contribution in [3.8, 4) is 5.75 Å². The predicted octanol–water partition coefficient (Wildman–Crippen LogP) is 5.17. The summed E-state index contributed by atoms with van der Waals surface area (Å²) in [4.78, 5) is 27.5. The van der Waals surface area contributed by atoms with Crippen molar-refractivity contribution >= 4 is 34.8 Å². The molecule has 31 heavy (non-hydrogen) atoms. The van der Waals surface area contributed by atoms with E-state index in [0.717, 1.165) is 28.8 Å². The number of hydrogen-bond donors (Lipinski definition) is 0. The summed E-state index contributed by atoms with van der Waals surface area (Å²) in [6.07, 6.45) is 1.52. The maximum Gasteiger partial charge on any atom is 0.272 e. The Kier molecular flexibility index (Phi) is 5.90. The molecule has 2 heterocycles. The molecule has 5 nitrogen and oxygen atoms in total. The lowest BCUT2D eigenvalue weighted by Crippen LogP contribution is -2.31. The summed E-state index contributed by atoms with van der Waals surface area (Å²) in [5.74, 6) is -1.82. The quantitative estimate of drug-likeness (QED) is 0.473. The maximum atomic E-state index is 13.8. The van der Waals surface area contributed by atoms with Gasteiger partial charge in [0.25, 0.3) is 11.8 Å². The number of carbonyl (C=O) groups excluding carboxylic acids is 2. The SMILES string of the molecule is CCOc1ccc(C2=C(SCc3ccco3)C(=O)N(c3ccc(F)c(F)c3)C2=O)cc1. The highest BCUT2D eigenvalue weighted by Gasteiger charge is 2.40. The number of ether oxygens (including phenoxy) is 1. The standard InChI is InChI=1S/C23H17F2NO4S/c1-2-29-16-8-5-14(6-9-16)20-21(31-13-17-4-3-11-30-17)23(28)26(22(20)27)15-7-10-18(24)19(25)12-15/h3-12H,2,13H2,1H3. The number of hydrogen-bond acceptors (Lipinski definition) is 5. The van der Waals surface area contributed by atoms with Gasteiger partial charge >= 0.3 is 0 Å². The van der Waals surface area contributed by atoms with Crippen LogP contribution in [0, 0.1) is 11.6 Å². The molecule has 1 aliphatic rings. The number of benzene rings is 2. The fourth-order valence-corrected chi connectivity index (χ4v) is 4.19. The molecule has 2 aromatic carbocycles. The number of carbonyl (C=O) groups is 2. The molecule has 158 valence electrons. The molecule has 8 heteroatoms. The molecule has 0 bridgehead atoms. The van der Waals surface area contributed by atoms with Gasteiger partial charge in [-0.1, -0.05) is 12.1 Å². The highest BCUT2D eigenvalue weighted by molar-refractivity contribution is 8.03. The molecule has 0 unspecified atom stereocenters. The van der Waals surface area contributed by atoms with E-state index in [1.807, 2.05) is 6.92 Å². The van der Waals surface area contributed by atoms with Gasteiger partial charge in [-0.2, -0.15) is 0 Å². The minimum absolute atomic E-state index is 0.0362. The predicted molar refractivity (Wildman–Crippen MR) is 113 cm³/mol. The molecule has 0 spiro atoms.